The highest BCUT2D eigenvalue weighted by molar-refractivity contribution is 7.75. The van der Waals surface area contributed by atoms with Crippen LogP contribution in [0.15, 0.2) is 18.2 Å². The van der Waals surface area contributed by atoms with Gasteiger partial charge in [0.15, 0.2) is 0 Å². The molecule has 0 saturated heterocycles. The predicted octanol–water partition coefficient (Wildman–Crippen LogP) is 9.18. The molecule has 0 aliphatic heterocycles. The standard InChI is InChI=1S/C32H56O5P/c1-6-9-21-38(22-10-7-2,23-11-8-3)24-19-17-15-13-12-14-16-18-20-37-30-26-28(31(33)35-4)25-29(27-30)32(34)36-5/h25-27H,6-24H2,1-5H3/q+1. The van der Waals surface area contributed by atoms with Crippen molar-refractivity contribution in [2.24, 2.45) is 0 Å². The van der Waals surface area contributed by atoms with Crippen molar-refractivity contribution in [1.82, 2.24) is 0 Å². The summed E-state index contributed by atoms with van der Waals surface area (Å²) in [7, 11) is 1.90. The molecule has 0 bridgehead atoms. The van der Waals surface area contributed by atoms with Crippen LogP contribution in [0.2, 0.25) is 0 Å². The smallest absolute Gasteiger partial charge is 0.338 e. The molecule has 218 valence electrons. The van der Waals surface area contributed by atoms with Crippen LogP contribution in [0.1, 0.15) is 131 Å². The van der Waals surface area contributed by atoms with E-state index in [1.54, 1.807) is 36.8 Å². The van der Waals surface area contributed by atoms with Gasteiger partial charge in [-0.3, -0.25) is 0 Å². The molecule has 1 rings (SSSR count). The van der Waals surface area contributed by atoms with Gasteiger partial charge in [0.25, 0.3) is 0 Å². The average Bonchev–Trinajstić information content (AvgIpc) is 2.95. The second-order valence-corrected chi connectivity index (χ2v) is 15.2. The monoisotopic (exact) mass is 551 g/mol. The fourth-order valence-corrected chi connectivity index (χ4v) is 10.3. The summed E-state index contributed by atoms with van der Waals surface area (Å²) in [6.07, 6.45) is 24.6. The summed E-state index contributed by atoms with van der Waals surface area (Å²) in [6, 6.07) is 4.69. The molecule has 0 spiro atoms. The molecule has 0 atom stereocenters. The summed E-state index contributed by atoms with van der Waals surface area (Å²) in [5.41, 5.74) is 0.566. The van der Waals surface area contributed by atoms with Crippen molar-refractivity contribution in [1.29, 1.82) is 0 Å². The summed E-state index contributed by atoms with van der Waals surface area (Å²) in [5, 5.41) is 0. The lowest BCUT2D eigenvalue weighted by Gasteiger charge is -2.28. The molecule has 0 heterocycles. The van der Waals surface area contributed by atoms with Gasteiger partial charge in [0.2, 0.25) is 0 Å². The molecule has 0 radical (unpaired) electrons. The first-order valence-electron chi connectivity index (χ1n) is 15.2. The summed E-state index contributed by atoms with van der Waals surface area (Å²) in [5.74, 6) is -0.517. The lowest BCUT2D eigenvalue weighted by molar-refractivity contribution is 0.0598. The van der Waals surface area contributed by atoms with Crippen LogP contribution in [0.3, 0.4) is 0 Å². The van der Waals surface area contributed by atoms with Gasteiger partial charge in [0, 0.05) is 7.26 Å². The molecular formula is C32H56O5P+. The molecule has 1 aromatic carbocycles. The molecule has 0 N–H and O–H groups in total. The first-order chi connectivity index (χ1) is 18.4. The number of ether oxygens (including phenoxy) is 3. The Morgan fingerprint density at radius 3 is 1.39 bits per heavy atom. The zero-order valence-electron chi connectivity index (χ0n) is 25.2. The van der Waals surface area contributed by atoms with Crippen molar-refractivity contribution in [3.63, 3.8) is 0 Å². The normalized spacial score (nSPS) is 11.4. The topological polar surface area (TPSA) is 61.8 Å². The van der Waals surface area contributed by atoms with Gasteiger partial charge in [0.05, 0.1) is 56.6 Å². The largest absolute Gasteiger partial charge is 0.494 e. The zero-order valence-corrected chi connectivity index (χ0v) is 26.0. The zero-order chi connectivity index (χ0) is 28.1. The number of carbonyl (C=O) groups is 2. The van der Waals surface area contributed by atoms with Crippen LogP contribution in [-0.2, 0) is 9.47 Å². The van der Waals surface area contributed by atoms with Gasteiger partial charge in [-0.25, -0.2) is 9.59 Å². The van der Waals surface area contributed by atoms with Gasteiger partial charge >= 0.3 is 11.9 Å². The van der Waals surface area contributed by atoms with Gasteiger partial charge in [-0.05, 0) is 56.7 Å². The van der Waals surface area contributed by atoms with Crippen LogP contribution in [-0.4, -0.2) is 57.4 Å². The number of methoxy groups -OCH3 is 2. The quantitative estimate of drug-likeness (QED) is 0.0771. The first kappa shape index (κ1) is 34.4. The number of rotatable bonds is 23. The average molecular weight is 552 g/mol. The van der Waals surface area contributed by atoms with Crippen molar-refractivity contribution in [2.45, 2.75) is 111 Å². The molecule has 1 aromatic rings. The number of carbonyl (C=O) groups excluding carboxylic acids is 2. The van der Waals surface area contributed by atoms with Crippen molar-refractivity contribution < 1.29 is 23.8 Å². The number of benzene rings is 1. The molecule has 0 aliphatic rings. The van der Waals surface area contributed by atoms with Crippen LogP contribution >= 0.6 is 7.26 Å². The van der Waals surface area contributed by atoms with Crippen LogP contribution in [0.5, 0.6) is 5.75 Å². The summed E-state index contributed by atoms with van der Waals surface area (Å²) >= 11 is 0. The third-order valence-electron chi connectivity index (χ3n) is 7.50. The molecule has 0 aliphatic carbocycles. The van der Waals surface area contributed by atoms with E-state index in [4.69, 9.17) is 14.2 Å². The Hall–Kier alpha value is -1.61. The third kappa shape index (κ3) is 14.0. The van der Waals surface area contributed by atoms with Crippen molar-refractivity contribution in [2.75, 3.05) is 45.5 Å². The Morgan fingerprint density at radius 2 is 0.974 bits per heavy atom. The van der Waals surface area contributed by atoms with E-state index in [9.17, 15) is 9.59 Å². The Morgan fingerprint density at radius 1 is 0.579 bits per heavy atom. The van der Waals surface area contributed by atoms with Crippen LogP contribution in [0.4, 0.5) is 0 Å². The lowest BCUT2D eigenvalue weighted by atomic mass is 10.1. The van der Waals surface area contributed by atoms with E-state index >= 15 is 0 Å². The van der Waals surface area contributed by atoms with Crippen LogP contribution in [0, 0.1) is 0 Å². The van der Waals surface area contributed by atoms with Gasteiger partial charge in [-0.2, -0.15) is 0 Å². The van der Waals surface area contributed by atoms with Gasteiger partial charge in [0.1, 0.15) is 5.75 Å². The lowest BCUT2D eigenvalue weighted by Crippen LogP contribution is -2.13. The number of esters is 2. The van der Waals surface area contributed by atoms with E-state index in [0.29, 0.717) is 12.4 Å². The highest BCUT2D eigenvalue weighted by atomic mass is 31.2. The molecule has 0 fully saturated rings. The van der Waals surface area contributed by atoms with E-state index in [0.717, 1.165) is 12.8 Å². The Kier molecular flexibility index (Phi) is 19.2. The third-order valence-corrected chi connectivity index (χ3v) is 12.6. The van der Waals surface area contributed by atoms with Gasteiger partial charge < -0.3 is 14.2 Å². The second-order valence-electron chi connectivity index (χ2n) is 10.7. The maximum absolute atomic E-state index is 11.9. The fraction of sp³-hybridized carbons (Fsp3) is 0.750. The fourth-order valence-electron chi connectivity index (χ4n) is 5.11. The maximum Gasteiger partial charge on any atom is 0.338 e. The molecule has 38 heavy (non-hydrogen) atoms. The summed E-state index contributed by atoms with van der Waals surface area (Å²) in [6.45, 7) is 7.61. The molecule has 0 aromatic heterocycles. The molecule has 0 saturated carbocycles. The summed E-state index contributed by atoms with van der Waals surface area (Å²) in [4.78, 5) is 23.8. The minimum Gasteiger partial charge on any atom is -0.494 e. The number of unbranched alkanes of at least 4 members (excludes halogenated alkanes) is 10. The second kappa shape index (κ2) is 21.2. The van der Waals surface area contributed by atoms with E-state index in [-0.39, 0.29) is 11.1 Å². The highest BCUT2D eigenvalue weighted by Gasteiger charge is 2.34. The van der Waals surface area contributed by atoms with E-state index < -0.39 is 19.2 Å². The van der Waals surface area contributed by atoms with Crippen molar-refractivity contribution in [3.8, 4) is 5.75 Å². The van der Waals surface area contributed by atoms with E-state index in [1.165, 1.54) is 97.3 Å². The van der Waals surface area contributed by atoms with Crippen LogP contribution < -0.4 is 4.74 Å². The van der Waals surface area contributed by atoms with Gasteiger partial charge in [-0.15, -0.1) is 0 Å². The Labute approximate surface area is 234 Å². The molecular weight excluding hydrogens is 495 g/mol. The maximum atomic E-state index is 11.9. The van der Waals surface area contributed by atoms with Crippen molar-refractivity contribution in [3.05, 3.63) is 29.3 Å². The minimum absolute atomic E-state index is 0.283. The predicted molar refractivity (Wildman–Crippen MR) is 163 cm³/mol. The van der Waals surface area contributed by atoms with Crippen LogP contribution in [0.25, 0.3) is 0 Å². The highest BCUT2D eigenvalue weighted by Crippen LogP contribution is 2.61. The molecule has 0 unspecified atom stereocenters. The van der Waals surface area contributed by atoms with E-state index in [2.05, 4.69) is 20.8 Å². The SMILES string of the molecule is CCCC[P+](CCCC)(CCCC)CCCCCCCCCCOc1cc(C(=O)OC)cc(C(=O)OC)c1. The van der Waals surface area contributed by atoms with E-state index in [1.807, 2.05) is 0 Å². The number of hydrogen-bond donors (Lipinski definition) is 0. The molecule has 0 amide bonds. The summed E-state index contributed by atoms with van der Waals surface area (Å²) < 4.78 is 15.4. The molecule has 5 nitrogen and oxygen atoms in total. The first-order valence-corrected chi connectivity index (χ1v) is 17.8. The Balaban J connectivity index is 2.30. The molecule has 6 heteroatoms. The number of hydrogen-bond acceptors (Lipinski definition) is 5. The van der Waals surface area contributed by atoms with Crippen molar-refractivity contribution >= 4 is 19.2 Å². The van der Waals surface area contributed by atoms with Gasteiger partial charge in [-0.1, -0.05) is 72.1 Å². The minimum atomic E-state index is -0.732. The Bertz CT molecular complexity index is 723.